The third kappa shape index (κ3) is 3.22. The molecule has 2 fully saturated rings. The van der Waals surface area contributed by atoms with Crippen LogP contribution >= 0.6 is 0 Å². The Morgan fingerprint density at radius 2 is 2.19 bits per heavy atom. The van der Waals surface area contributed by atoms with Crippen molar-refractivity contribution >= 4 is 5.91 Å². The zero-order valence-corrected chi connectivity index (χ0v) is 13.0. The first-order chi connectivity index (χ1) is 10.2. The Bertz CT molecular complexity index is 526. The van der Waals surface area contributed by atoms with Gasteiger partial charge < -0.3 is 10.1 Å². The molecule has 3 unspecified atom stereocenters. The molecule has 2 bridgehead atoms. The van der Waals surface area contributed by atoms with Gasteiger partial charge in [-0.15, -0.1) is 0 Å². The van der Waals surface area contributed by atoms with Crippen LogP contribution in [0, 0.1) is 18.8 Å². The number of aryl methyl sites for hydroxylation is 2. The molecule has 3 atom stereocenters. The van der Waals surface area contributed by atoms with Crippen molar-refractivity contribution in [1.82, 2.24) is 5.32 Å². The predicted molar refractivity (Wildman–Crippen MR) is 83.4 cm³/mol. The quantitative estimate of drug-likeness (QED) is 0.903. The molecule has 1 aromatic carbocycles. The Kier molecular flexibility index (Phi) is 4.18. The lowest BCUT2D eigenvalue weighted by molar-refractivity contribution is -0.122. The van der Waals surface area contributed by atoms with Crippen molar-refractivity contribution in [3.8, 4) is 5.75 Å². The molecule has 1 amide bonds. The average Bonchev–Trinajstić information content (AvgIpc) is 3.08. The maximum atomic E-state index is 12.1. The van der Waals surface area contributed by atoms with E-state index < -0.39 is 0 Å². The van der Waals surface area contributed by atoms with Crippen molar-refractivity contribution in [3.05, 3.63) is 29.3 Å². The molecule has 0 aromatic heterocycles. The zero-order valence-electron chi connectivity index (χ0n) is 13.0. The highest BCUT2D eigenvalue weighted by atomic mass is 16.5. The van der Waals surface area contributed by atoms with Gasteiger partial charge in [-0.1, -0.05) is 18.6 Å². The third-order valence-corrected chi connectivity index (χ3v) is 5.18. The minimum absolute atomic E-state index is 0.209. The first-order valence-corrected chi connectivity index (χ1v) is 8.08. The number of carbonyl (C=O) groups is 1. The molecule has 1 aromatic rings. The van der Waals surface area contributed by atoms with E-state index in [0.717, 1.165) is 29.6 Å². The highest BCUT2D eigenvalue weighted by Gasteiger charge is 2.39. The summed E-state index contributed by atoms with van der Waals surface area (Å²) in [6, 6.07) is 6.60. The number of rotatable bonds is 5. The van der Waals surface area contributed by atoms with Crippen LogP contribution in [0.3, 0.4) is 0 Å². The Balaban J connectivity index is 1.48. The van der Waals surface area contributed by atoms with Crippen molar-refractivity contribution in [1.29, 1.82) is 0 Å². The summed E-state index contributed by atoms with van der Waals surface area (Å²) >= 11 is 0. The zero-order chi connectivity index (χ0) is 14.8. The Labute approximate surface area is 127 Å². The van der Waals surface area contributed by atoms with Crippen LogP contribution in [0.5, 0.6) is 5.75 Å². The standard InChI is InChI=1S/C18H25NO2/c1-12-9-13(4-7-17(12)21-2)5-8-18(20)19-16-11-14-3-6-15(16)10-14/h4,7,9,14-16H,3,5-6,8,10-11H2,1-2H3,(H,19,20). The molecule has 1 N–H and O–H groups in total. The Morgan fingerprint density at radius 3 is 2.81 bits per heavy atom. The molecule has 0 saturated heterocycles. The molecule has 0 aliphatic heterocycles. The third-order valence-electron chi connectivity index (χ3n) is 5.18. The minimum atomic E-state index is 0.209. The van der Waals surface area contributed by atoms with E-state index in [1.165, 1.54) is 31.2 Å². The van der Waals surface area contributed by atoms with Crippen LogP contribution in [0.2, 0.25) is 0 Å². The van der Waals surface area contributed by atoms with Gasteiger partial charge in [0, 0.05) is 12.5 Å². The van der Waals surface area contributed by atoms with Crippen molar-refractivity contribution in [2.24, 2.45) is 11.8 Å². The number of fused-ring (bicyclic) bond motifs is 2. The van der Waals surface area contributed by atoms with E-state index in [2.05, 4.69) is 17.4 Å². The summed E-state index contributed by atoms with van der Waals surface area (Å²) in [5.74, 6) is 2.75. The van der Waals surface area contributed by atoms with E-state index >= 15 is 0 Å². The fourth-order valence-corrected chi connectivity index (χ4v) is 4.05. The topological polar surface area (TPSA) is 38.3 Å². The second-order valence-corrected chi connectivity index (χ2v) is 6.65. The van der Waals surface area contributed by atoms with Gasteiger partial charge in [0.15, 0.2) is 0 Å². The van der Waals surface area contributed by atoms with Crippen molar-refractivity contribution in [2.45, 2.75) is 51.5 Å². The summed E-state index contributed by atoms with van der Waals surface area (Å²) in [5.41, 5.74) is 2.33. The van der Waals surface area contributed by atoms with E-state index in [0.29, 0.717) is 12.5 Å². The van der Waals surface area contributed by atoms with Crippen molar-refractivity contribution in [2.75, 3.05) is 7.11 Å². The second-order valence-electron chi connectivity index (χ2n) is 6.65. The van der Waals surface area contributed by atoms with Crippen LogP contribution in [0.15, 0.2) is 18.2 Å². The summed E-state index contributed by atoms with van der Waals surface area (Å²) < 4.78 is 5.26. The molecule has 2 saturated carbocycles. The van der Waals surface area contributed by atoms with Gasteiger partial charge in [-0.3, -0.25) is 4.79 Å². The maximum Gasteiger partial charge on any atom is 0.220 e. The van der Waals surface area contributed by atoms with E-state index in [1.807, 2.05) is 13.0 Å². The van der Waals surface area contributed by atoms with Gasteiger partial charge in [0.05, 0.1) is 7.11 Å². The number of hydrogen-bond acceptors (Lipinski definition) is 2. The van der Waals surface area contributed by atoms with Crippen LogP contribution in [0.4, 0.5) is 0 Å². The SMILES string of the molecule is COc1ccc(CCC(=O)NC2CC3CCC2C3)cc1C. The number of benzene rings is 1. The predicted octanol–water partition coefficient (Wildman–Crippen LogP) is 3.24. The summed E-state index contributed by atoms with van der Waals surface area (Å²) in [5, 5.41) is 3.25. The number of hydrogen-bond donors (Lipinski definition) is 1. The highest BCUT2D eigenvalue weighted by molar-refractivity contribution is 5.76. The van der Waals surface area contributed by atoms with Gasteiger partial charge in [-0.2, -0.15) is 0 Å². The van der Waals surface area contributed by atoms with Crippen LogP contribution in [0.1, 0.15) is 43.2 Å². The number of ether oxygens (including phenoxy) is 1. The normalized spacial score (nSPS) is 26.9. The summed E-state index contributed by atoms with van der Waals surface area (Å²) in [4.78, 5) is 12.1. The largest absolute Gasteiger partial charge is 0.496 e. The molecule has 114 valence electrons. The first-order valence-electron chi connectivity index (χ1n) is 8.08. The van der Waals surface area contributed by atoms with E-state index in [-0.39, 0.29) is 5.91 Å². The molecule has 0 radical (unpaired) electrons. The molecule has 2 aliphatic rings. The monoisotopic (exact) mass is 287 g/mol. The van der Waals surface area contributed by atoms with Crippen LogP contribution in [-0.2, 0) is 11.2 Å². The fourth-order valence-electron chi connectivity index (χ4n) is 4.05. The van der Waals surface area contributed by atoms with Gasteiger partial charge in [-0.05, 0) is 61.6 Å². The van der Waals surface area contributed by atoms with Crippen LogP contribution in [0.25, 0.3) is 0 Å². The molecule has 21 heavy (non-hydrogen) atoms. The van der Waals surface area contributed by atoms with Gasteiger partial charge in [0.25, 0.3) is 0 Å². The summed E-state index contributed by atoms with van der Waals surface area (Å²) in [6.45, 7) is 2.04. The molecule has 2 aliphatic carbocycles. The average molecular weight is 287 g/mol. The van der Waals surface area contributed by atoms with Crippen molar-refractivity contribution in [3.63, 3.8) is 0 Å². The second kappa shape index (κ2) is 6.08. The number of nitrogens with one attached hydrogen (secondary N) is 1. The molecular weight excluding hydrogens is 262 g/mol. The highest BCUT2D eigenvalue weighted by Crippen LogP contribution is 2.44. The van der Waals surface area contributed by atoms with Gasteiger partial charge in [-0.25, -0.2) is 0 Å². The number of amides is 1. The maximum absolute atomic E-state index is 12.1. The minimum Gasteiger partial charge on any atom is -0.496 e. The Hall–Kier alpha value is -1.51. The molecule has 0 heterocycles. The lowest BCUT2D eigenvalue weighted by atomic mass is 9.95. The van der Waals surface area contributed by atoms with Crippen molar-refractivity contribution < 1.29 is 9.53 Å². The smallest absolute Gasteiger partial charge is 0.220 e. The number of carbonyl (C=O) groups excluding carboxylic acids is 1. The lowest BCUT2D eigenvalue weighted by Gasteiger charge is -2.22. The van der Waals surface area contributed by atoms with Crippen LogP contribution in [-0.4, -0.2) is 19.1 Å². The van der Waals surface area contributed by atoms with E-state index in [4.69, 9.17) is 4.74 Å². The molecular formula is C18H25NO2. The first kappa shape index (κ1) is 14.4. The van der Waals surface area contributed by atoms with E-state index in [9.17, 15) is 4.79 Å². The lowest BCUT2D eigenvalue weighted by Crippen LogP contribution is -2.38. The molecule has 3 nitrogen and oxygen atoms in total. The number of methoxy groups -OCH3 is 1. The van der Waals surface area contributed by atoms with Gasteiger partial charge in [0.1, 0.15) is 5.75 Å². The summed E-state index contributed by atoms with van der Waals surface area (Å²) in [6.07, 6.45) is 6.62. The van der Waals surface area contributed by atoms with Crippen LogP contribution < -0.4 is 10.1 Å². The van der Waals surface area contributed by atoms with Gasteiger partial charge in [0.2, 0.25) is 5.91 Å². The molecule has 3 rings (SSSR count). The van der Waals surface area contributed by atoms with Gasteiger partial charge >= 0.3 is 0 Å². The fraction of sp³-hybridized carbons (Fsp3) is 0.611. The summed E-state index contributed by atoms with van der Waals surface area (Å²) in [7, 11) is 1.69. The Morgan fingerprint density at radius 1 is 1.33 bits per heavy atom. The molecule has 0 spiro atoms. The van der Waals surface area contributed by atoms with E-state index in [1.54, 1.807) is 7.11 Å². The molecule has 3 heteroatoms.